The van der Waals surface area contributed by atoms with Crippen LogP contribution in [-0.2, 0) is 20.9 Å². The third kappa shape index (κ3) is 4.10. The maximum Gasteiger partial charge on any atom is 0.360 e. The average Bonchev–Trinajstić information content (AvgIpc) is 2.87. The van der Waals surface area contributed by atoms with E-state index in [0.717, 1.165) is 30.8 Å². The molecule has 0 radical (unpaired) electrons. The standard InChI is InChI=1S/C14H18F4N2O3S/c1-3-20-5-4-10-6-9(2)11(7-12(10)20)19-24(21,22)23-8-14(17,18)13(15)16/h6-7,13,19H,3-5,8H2,1-2H3. The van der Waals surface area contributed by atoms with Crippen LogP contribution in [0.25, 0.3) is 0 Å². The first kappa shape index (κ1) is 18.8. The van der Waals surface area contributed by atoms with E-state index in [1.54, 1.807) is 19.1 Å². The van der Waals surface area contributed by atoms with Crippen LogP contribution >= 0.6 is 0 Å². The van der Waals surface area contributed by atoms with Gasteiger partial charge in [-0.3, -0.25) is 4.72 Å². The highest BCUT2D eigenvalue weighted by atomic mass is 32.2. The molecule has 0 aliphatic carbocycles. The largest absolute Gasteiger partial charge is 0.371 e. The van der Waals surface area contributed by atoms with Gasteiger partial charge in [0.15, 0.2) is 0 Å². The molecule has 1 N–H and O–H groups in total. The van der Waals surface area contributed by atoms with E-state index >= 15 is 0 Å². The lowest BCUT2D eigenvalue weighted by Crippen LogP contribution is -2.34. The number of likely N-dealkylation sites (N-methyl/N-ethyl adjacent to an activating group) is 1. The number of hydrogen-bond acceptors (Lipinski definition) is 4. The van der Waals surface area contributed by atoms with Gasteiger partial charge in [0.25, 0.3) is 0 Å². The van der Waals surface area contributed by atoms with Crippen molar-refractivity contribution in [3.05, 3.63) is 23.3 Å². The van der Waals surface area contributed by atoms with Crippen LogP contribution in [0, 0.1) is 6.92 Å². The maximum atomic E-state index is 12.8. The Morgan fingerprint density at radius 1 is 1.38 bits per heavy atom. The Hall–Kier alpha value is -1.55. The molecule has 0 spiro atoms. The second-order valence-corrected chi connectivity index (χ2v) is 6.85. The number of aryl methyl sites for hydroxylation is 1. The Morgan fingerprint density at radius 2 is 2.04 bits per heavy atom. The fourth-order valence-corrected chi connectivity index (χ4v) is 3.31. The smallest absolute Gasteiger partial charge is 0.360 e. The fraction of sp³-hybridized carbons (Fsp3) is 0.571. The van der Waals surface area contributed by atoms with E-state index < -0.39 is 29.3 Å². The van der Waals surface area contributed by atoms with Crippen molar-refractivity contribution >= 4 is 21.7 Å². The van der Waals surface area contributed by atoms with E-state index in [2.05, 4.69) is 4.18 Å². The highest BCUT2D eigenvalue weighted by Gasteiger charge is 2.42. The van der Waals surface area contributed by atoms with Crippen LogP contribution in [0.4, 0.5) is 28.9 Å². The molecule has 0 unspecified atom stereocenters. The summed E-state index contributed by atoms with van der Waals surface area (Å²) in [7, 11) is -4.65. The molecule has 1 aliphatic heterocycles. The first-order chi connectivity index (χ1) is 11.1. The molecular formula is C14H18F4N2O3S. The van der Waals surface area contributed by atoms with Crippen LogP contribution in [0.2, 0.25) is 0 Å². The second kappa shape index (κ2) is 6.75. The summed E-state index contributed by atoms with van der Waals surface area (Å²) in [6.45, 7) is 3.22. The zero-order valence-corrected chi connectivity index (χ0v) is 14.0. The van der Waals surface area contributed by atoms with E-state index in [9.17, 15) is 26.0 Å². The first-order valence-electron chi connectivity index (χ1n) is 7.27. The molecule has 2 rings (SSSR count). The molecule has 136 valence electrons. The third-order valence-electron chi connectivity index (χ3n) is 3.76. The van der Waals surface area contributed by atoms with Crippen LogP contribution in [0.5, 0.6) is 0 Å². The summed E-state index contributed by atoms with van der Waals surface area (Å²) in [6, 6.07) is 3.39. The van der Waals surface area contributed by atoms with Crippen molar-refractivity contribution in [2.24, 2.45) is 0 Å². The van der Waals surface area contributed by atoms with Crippen molar-refractivity contribution in [3.8, 4) is 0 Å². The van der Waals surface area contributed by atoms with E-state index in [0.29, 0.717) is 5.56 Å². The molecule has 1 aromatic carbocycles. The van der Waals surface area contributed by atoms with Crippen molar-refractivity contribution in [3.63, 3.8) is 0 Å². The van der Waals surface area contributed by atoms with Crippen LogP contribution in [-0.4, -0.2) is 40.5 Å². The van der Waals surface area contributed by atoms with E-state index in [1.165, 1.54) is 0 Å². The Bertz CT molecular complexity index is 710. The minimum Gasteiger partial charge on any atom is -0.371 e. The SMILES string of the molecule is CCN1CCc2cc(C)c(NS(=O)(=O)OCC(F)(F)C(F)F)cc21. The van der Waals surface area contributed by atoms with Gasteiger partial charge in [-0.2, -0.15) is 17.2 Å². The zero-order valence-electron chi connectivity index (χ0n) is 13.2. The molecule has 10 heteroatoms. The van der Waals surface area contributed by atoms with Gasteiger partial charge in [-0.25, -0.2) is 13.0 Å². The van der Waals surface area contributed by atoms with Gasteiger partial charge in [-0.05, 0) is 37.5 Å². The number of anilines is 2. The number of halogens is 4. The summed E-state index contributed by atoms with van der Waals surface area (Å²) in [5, 5.41) is 0. The predicted octanol–water partition coefficient (Wildman–Crippen LogP) is 2.95. The van der Waals surface area contributed by atoms with Crippen molar-refractivity contribution in [2.75, 3.05) is 29.3 Å². The molecule has 0 aromatic heterocycles. The summed E-state index contributed by atoms with van der Waals surface area (Å²) < 4.78 is 79.2. The van der Waals surface area contributed by atoms with Crippen molar-refractivity contribution in [1.82, 2.24) is 0 Å². The normalized spacial score (nSPS) is 15.0. The molecule has 1 heterocycles. The van der Waals surface area contributed by atoms with Gasteiger partial charge in [0.1, 0.15) is 6.61 Å². The molecule has 24 heavy (non-hydrogen) atoms. The van der Waals surface area contributed by atoms with Crippen LogP contribution in [0.15, 0.2) is 12.1 Å². The number of fused-ring (bicyclic) bond motifs is 1. The molecule has 1 aliphatic rings. The van der Waals surface area contributed by atoms with Crippen molar-refractivity contribution in [2.45, 2.75) is 32.6 Å². The van der Waals surface area contributed by atoms with Gasteiger partial charge in [-0.15, -0.1) is 0 Å². The second-order valence-electron chi connectivity index (χ2n) is 5.51. The molecule has 0 atom stereocenters. The van der Waals surface area contributed by atoms with Gasteiger partial charge in [0.05, 0.1) is 5.69 Å². The van der Waals surface area contributed by atoms with Gasteiger partial charge in [0.2, 0.25) is 0 Å². The summed E-state index contributed by atoms with van der Waals surface area (Å²) in [6.07, 6.45) is -3.18. The Balaban J connectivity index is 2.15. The van der Waals surface area contributed by atoms with Gasteiger partial charge < -0.3 is 4.90 Å². The molecular weight excluding hydrogens is 352 g/mol. The summed E-state index contributed by atoms with van der Waals surface area (Å²) in [4.78, 5) is 2.04. The third-order valence-corrected chi connectivity index (χ3v) is 4.66. The summed E-state index contributed by atoms with van der Waals surface area (Å²) in [5.41, 5.74) is 2.65. The number of hydrogen-bond donors (Lipinski definition) is 1. The monoisotopic (exact) mass is 370 g/mol. The lowest BCUT2D eigenvalue weighted by molar-refractivity contribution is -0.147. The average molecular weight is 370 g/mol. The molecule has 0 bridgehead atoms. The molecule has 0 fully saturated rings. The van der Waals surface area contributed by atoms with Gasteiger partial charge >= 0.3 is 22.7 Å². The highest BCUT2D eigenvalue weighted by molar-refractivity contribution is 7.88. The van der Waals surface area contributed by atoms with Crippen molar-refractivity contribution < 1.29 is 30.2 Å². The molecule has 5 nitrogen and oxygen atoms in total. The Morgan fingerprint density at radius 3 is 2.62 bits per heavy atom. The van der Waals surface area contributed by atoms with Crippen LogP contribution in [0.3, 0.4) is 0 Å². The van der Waals surface area contributed by atoms with Gasteiger partial charge in [0, 0.05) is 18.8 Å². The number of rotatable bonds is 7. The summed E-state index contributed by atoms with van der Waals surface area (Å²) >= 11 is 0. The molecule has 0 amide bonds. The number of nitrogens with one attached hydrogen (secondary N) is 1. The van der Waals surface area contributed by atoms with E-state index in [1.807, 2.05) is 16.5 Å². The Kier molecular flexibility index (Phi) is 5.28. The van der Waals surface area contributed by atoms with Gasteiger partial charge in [-0.1, -0.05) is 6.07 Å². The molecule has 0 saturated carbocycles. The van der Waals surface area contributed by atoms with Crippen LogP contribution < -0.4 is 9.62 Å². The Labute approximate surface area is 137 Å². The maximum absolute atomic E-state index is 12.8. The summed E-state index contributed by atoms with van der Waals surface area (Å²) in [5.74, 6) is -4.54. The van der Waals surface area contributed by atoms with E-state index in [-0.39, 0.29) is 5.69 Å². The van der Waals surface area contributed by atoms with Crippen molar-refractivity contribution in [1.29, 1.82) is 0 Å². The fourth-order valence-electron chi connectivity index (χ4n) is 2.45. The zero-order chi connectivity index (χ0) is 18.1. The minimum atomic E-state index is -4.65. The first-order valence-corrected chi connectivity index (χ1v) is 8.68. The lowest BCUT2D eigenvalue weighted by Gasteiger charge is -2.19. The number of nitrogens with zero attached hydrogens (tertiary/aromatic N) is 1. The minimum absolute atomic E-state index is 0.162. The molecule has 1 aromatic rings. The quantitative estimate of drug-likeness (QED) is 0.750. The number of alkyl halides is 4. The lowest BCUT2D eigenvalue weighted by atomic mass is 10.1. The molecule has 0 saturated heterocycles. The van der Waals surface area contributed by atoms with Crippen LogP contribution in [0.1, 0.15) is 18.1 Å². The topological polar surface area (TPSA) is 58.6 Å². The van der Waals surface area contributed by atoms with E-state index in [4.69, 9.17) is 0 Å². The number of benzene rings is 1. The highest BCUT2D eigenvalue weighted by Crippen LogP contribution is 2.33. The predicted molar refractivity (Wildman–Crippen MR) is 82.2 cm³/mol.